The molecule has 0 saturated heterocycles. The second-order valence-electron chi connectivity index (χ2n) is 3.80. The summed E-state index contributed by atoms with van der Waals surface area (Å²) < 4.78 is 5.12. The van der Waals surface area contributed by atoms with Crippen molar-refractivity contribution in [3.63, 3.8) is 0 Å². The smallest absolute Gasteiger partial charge is 0.0912 e. The summed E-state index contributed by atoms with van der Waals surface area (Å²) in [6.45, 7) is 0.763. The van der Waals surface area contributed by atoms with Crippen LogP contribution in [0.2, 0.25) is 0 Å². The summed E-state index contributed by atoms with van der Waals surface area (Å²) in [5, 5.41) is 9.90. The summed E-state index contributed by atoms with van der Waals surface area (Å²) in [5.74, 6) is 0.512. The van der Waals surface area contributed by atoms with Crippen LogP contribution in [-0.4, -0.2) is 17.8 Å². The minimum absolute atomic E-state index is 0.213. The van der Waals surface area contributed by atoms with Gasteiger partial charge in [-0.1, -0.05) is 12.8 Å². The predicted octanol–water partition coefficient (Wildman–Crippen LogP) is 1.84. The third-order valence-corrected chi connectivity index (χ3v) is 2.97. The third-order valence-electron chi connectivity index (χ3n) is 2.97. The molecule has 2 rings (SSSR count). The highest BCUT2D eigenvalue weighted by Crippen LogP contribution is 2.32. The molecular formula is C10H16O2. The van der Waals surface area contributed by atoms with Crippen molar-refractivity contribution < 1.29 is 9.84 Å². The Morgan fingerprint density at radius 3 is 2.75 bits per heavy atom. The highest BCUT2D eigenvalue weighted by atomic mass is 16.5. The van der Waals surface area contributed by atoms with Crippen LogP contribution in [0.25, 0.3) is 0 Å². The van der Waals surface area contributed by atoms with E-state index in [0.717, 1.165) is 18.6 Å². The van der Waals surface area contributed by atoms with Crippen LogP contribution in [0.5, 0.6) is 0 Å². The minimum atomic E-state index is -0.213. The summed E-state index contributed by atoms with van der Waals surface area (Å²) >= 11 is 0. The number of rotatable bonds is 2. The Morgan fingerprint density at radius 2 is 2.17 bits per heavy atom. The highest BCUT2D eigenvalue weighted by molar-refractivity contribution is 5.10. The first-order valence-corrected chi connectivity index (χ1v) is 4.86. The summed E-state index contributed by atoms with van der Waals surface area (Å²) in [6.07, 6.45) is 7.43. The minimum Gasteiger partial charge on any atom is -0.501 e. The average molecular weight is 168 g/mol. The van der Waals surface area contributed by atoms with Crippen molar-refractivity contribution in [2.45, 2.75) is 38.2 Å². The van der Waals surface area contributed by atoms with E-state index >= 15 is 0 Å². The molecule has 0 aromatic carbocycles. The van der Waals surface area contributed by atoms with Crippen LogP contribution < -0.4 is 0 Å². The number of aliphatic hydroxyl groups excluding tert-OH is 1. The van der Waals surface area contributed by atoms with Crippen LogP contribution in [0.15, 0.2) is 11.8 Å². The molecule has 0 aromatic rings. The molecule has 2 aliphatic rings. The van der Waals surface area contributed by atoms with E-state index in [1.165, 1.54) is 25.7 Å². The van der Waals surface area contributed by atoms with Crippen molar-refractivity contribution in [1.82, 2.24) is 0 Å². The standard InChI is InChI=1S/C10H16O2/c11-10(8-3-1-2-4-8)9-5-6-12-7-9/h7-8,10-11H,1-6H2. The fraction of sp³-hybridized carbons (Fsp3) is 0.800. The van der Waals surface area contributed by atoms with Gasteiger partial charge in [-0.05, 0) is 24.3 Å². The van der Waals surface area contributed by atoms with Gasteiger partial charge in [-0.15, -0.1) is 0 Å². The average Bonchev–Trinajstić information content (AvgIpc) is 2.77. The molecule has 2 nitrogen and oxygen atoms in total. The number of aliphatic hydroxyl groups is 1. The summed E-state index contributed by atoms with van der Waals surface area (Å²) in [4.78, 5) is 0. The Morgan fingerprint density at radius 1 is 1.42 bits per heavy atom. The first-order chi connectivity index (χ1) is 5.88. The van der Waals surface area contributed by atoms with E-state index in [0.29, 0.717) is 5.92 Å². The summed E-state index contributed by atoms with van der Waals surface area (Å²) in [5.41, 5.74) is 1.11. The maximum Gasteiger partial charge on any atom is 0.0912 e. The first kappa shape index (κ1) is 8.11. The lowest BCUT2D eigenvalue weighted by Crippen LogP contribution is -2.19. The van der Waals surface area contributed by atoms with Crippen LogP contribution in [-0.2, 0) is 4.74 Å². The molecule has 2 heteroatoms. The van der Waals surface area contributed by atoms with Crippen molar-refractivity contribution in [3.05, 3.63) is 11.8 Å². The molecular weight excluding hydrogens is 152 g/mol. The quantitative estimate of drug-likeness (QED) is 0.681. The fourth-order valence-corrected chi connectivity index (χ4v) is 2.20. The van der Waals surface area contributed by atoms with E-state index < -0.39 is 0 Å². The lowest BCUT2D eigenvalue weighted by atomic mass is 9.94. The molecule has 0 aromatic heterocycles. The van der Waals surface area contributed by atoms with Gasteiger partial charge in [0.15, 0.2) is 0 Å². The first-order valence-electron chi connectivity index (χ1n) is 4.86. The molecule has 12 heavy (non-hydrogen) atoms. The normalized spacial score (nSPS) is 26.9. The molecule has 0 spiro atoms. The Kier molecular flexibility index (Phi) is 2.35. The largest absolute Gasteiger partial charge is 0.501 e. The summed E-state index contributed by atoms with van der Waals surface area (Å²) in [6, 6.07) is 0. The van der Waals surface area contributed by atoms with Crippen LogP contribution in [0.3, 0.4) is 0 Å². The molecule has 1 heterocycles. The lowest BCUT2D eigenvalue weighted by Gasteiger charge is -2.17. The van der Waals surface area contributed by atoms with Gasteiger partial charge in [0.2, 0.25) is 0 Å². The van der Waals surface area contributed by atoms with Crippen molar-refractivity contribution in [2.75, 3.05) is 6.61 Å². The Bertz CT molecular complexity index is 180. The second kappa shape index (κ2) is 3.48. The van der Waals surface area contributed by atoms with Gasteiger partial charge in [0.25, 0.3) is 0 Å². The van der Waals surface area contributed by atoms with E-state index in [4.69, 9.17) is 4.74 Å². The van der Waals surface area contributed by atoms with E-state index in [2.05, 4.69) is 0 Å². The molecule has 1 N–H and O–H groups in total. The lowest BCUT2D eigenvalue weighted by molar-refractivity contribution is 0.142. The Hall–Kier alpha value is -0.500. The molecule has 1 unspecified atom stereocenters. The Balaban J connectivity index is 1.93. The molecule has 0 radical (unpaired) electrons. The van der Waals surface area contributed by atoms with Gasteiger partial charge in [0.1, 0.15) is 0 Å². The zero-order valence-electron chi connectivity index (χ0n) is 7.33. The van der Waals surface area contributed by atoms with Gasteiger partial charge in [0, 0.05) is 6.42 Å². The number of ether oxygens (including phenoxy) is 1. The van der Waals surface area contributed by atoms with E-state index in [9.17, 15) is 5.11 Å². The Labute approximate surface area is 73.2 Å². The number of hydrogen-bond donors (Lipinski definition) is 1. The zero-order valence-corrected chi connectivity index (χ0v) is 7.33. The molecule has 1 aliphatic carbocycles. The SMILES string of the molecule is OC(C1=COCC1)C1CCCC1. The summed E-state index contributed by atoms with van der Waals surface area (Å²) in [7, 11) is 0. The van der Waals surface area contributed by atoms with Crippen LogP contribution in [0, 0.1) is 5.92 Å². The van der Waals surface area contributed by atoms with Crippen molar-refractivity contribution in [1.29, 1.82) is 0 Å². The van der Waals surface area contributed by atoms with Crippen LogP contribution >= 0.6 is 0 Å². The van der Waals surface area contributed by atoms with E-state index in [-0.39, 0.29) is 6.10 Å². The van der Waals surface area contributed by atoms with Gasteiger partial charge in [-0.3, -0.25) is 0 Å². The van der Waals surface area contributed by atoms with Crippen molar-refractivity contribution in [2.24, 2.45) is 5.92 Å². The van der Waals surface area contributed by atoms with Gasteiger partial charge >= 0.3 is 0 Å². The van der Waals surface area contributed by atoms with Crippen molar-refractivity contribution >= 4 is 0 Å². The van der Waals surface area contributed by atoms with Gasteiger partial charge < -0.3 is 9.84 Å². The highest BCUT2D eigenvalue weighted by Gasteiger charge is 2.27. The molecule has 0 amide bonds. The molecule has 1 aliphatic heterocycles. The molecule has 1 saturated carbocycles. The predicted molar refractivity (Wildman–Crippen MR) is 46.6 cm³/mol. The van der Waals surface area contributed by atoms with Gasteiger partial charge in [0.05, 0.1) is 19.0 Å². The molecule has 68 valence electrons. The maximum absolute atomic E-state index is 9.90. The number of hydrogen-bond acceptors (Lipinski definition) is 2. The second-order valence-corrected chi connectivity index (χ2v) is 3.80. The third kappa shape index (κ3) is 1.48. The van der Waals surface area contributed by atoms with Crippen molar-refractivity contribution in [3.8, 4) is 0 Å². The van der Waals surface area contributed by atoms with E-state index in [1.807, 2.05) is 0 Å². The van der Waals surface area contributed by atoms with Crippen LogP contribution in [0.1, 0.15) is 32.1 Å². The molecule has 1 fully saturated rings. The maximum atomic E-state index is 9.90. The van der Waals surface area contributed by atoms with Gasteiger partial charge in [-0.2, -0.15) is 0 Å². The molecule has 0 bridgehead atoms. The van der Waals surface area contributed by atoms with E-state index in [1.54, 1.807) is 6.26 Å². The van der Waals surface area contributed by atoms with Crippen LogP contribution in [0.4, 0.5) is 0 Å². The van der Waals surface area contributed by atoms with Gasteiger partial charge in [-0.25, -0.2) is 0 Å². The monoisotopic (exact) mass is 168 g/mol. The zero-order chi connectivity index (χ0) is 8.39. The fourth-order valence-electron chi connectivity index (χ4n) is 2.20. The topological polar surface area (TPSA) is 29.5 Å². The molecule has 1 atom stereocenters.